The minimum Gasteiger partial charge on any atom is -0.341 e. The molecule has 8 aromatic rings. The van der Waals surface area contributed by atoms with Gasteiger partial charge in [0, 0.05) is 65.9 Å². The molecule has 8 rings (SSSR count). The molecule has 0 unspecified atom stereocenters. The van der Waals surface area contributed by atoms with Crippen molar-refractivity contribution in [3.63, 3.8) is 0 Å². The third kappa shape index (κ3) is 3.55. The third-order valence-corrected chi connectivity index (χ3v) is 7.70. The molecule has 0 saturated carbocycles. The van der Waals surface area contributed by atoms with Crippen LogP contribution in [0.4, 0.5) is 0 Å². The summed E-state index contributed by atoms with van der Waals surface area (Å²) in [6.07, 6.45) is 1.85. The van der Waals surface area contributed by atoms with E-state index in [0.29, 0.717) is 0 Å². The van der Waals surface area contributed by atoms with Crippen molar-refractivity contribution in [1.29, 1.82) is 0 Å². The van der Waals surface area contributed by atoms with Crippen molar-refractivity contribution in [3.8, 4) is 22.5 Å². The molecule has 1 radical (unpaired) electrons. The smallest absolute Gasteiger partial charge is 0.0711 e. The largest absolute Gasteiger partial charge is 0.341 e. The summed E-state index contributed by atoms with van der Waals surface area (Å²) in [4.78, 5) is 5.12. The Morgan fingerprint density at radius 1 is 0.641 bits per heavy atom. The Hall–Kier alpha value is -4.31. The number of hydrogen-bond donors (Lipinski definition) is 0. The van der Waals surface area contributed by atoms with E-state index in [1.807, 2.05) is 16.8 Å². The zero-order valence-electron chi connectivity index (χ0n) is 21.2. The van der Waals surface area contributed by atoms with E-state index in [1.54, 1.807) is 0 Å². The van der Waals surface area contributed by atoms with Crippen molar-refractivity contribution in [2.45, 2.75) is 13.5 Å². The molecule has 0 atom stereocenters. The van der Waals surface area contributed by atoms with Gasteiger partial charge in [-0.1, -0.05) is 60.0 Å². The SMILES string of the molecule is CCn1c2ccccc2c2cc(-c3cccc(-c4c[c-]c5c(c4)c4ccccc4c4ccnn54)n3)ccc21.[Ir]. The van der Waals surface area contributed by atoms with Crippen LogP contribution in [0.25, 0.3) is 71.5 Å². The fraction of sp³-hybridized carbons (Fsp3) is 0.0588. The van der Waals surface area contributed by atoms with Crippen LogP contribution in [0.3, 0.4) is 0 Å². The number of aryl methyl sites for hydroxylation is 1. The molecule has 39 heavy (non-hydrogen) atoms. The van der Waals surface area contributed by atoms with Gasteiger partial charge in [0.2, 0.25) is 0 Å². The van der Waals surface area contributed by atoms with E-state index in [2.05, 4.69) is 120 Å². The molecule has 4 aromatic carbocycles. The maximum Gasteiger partial charge on any atom is 0.0711 e. The predicted molar refractivity (Wildman–Crippen MR) is 156 cm³/mol. The van der Waals surface area contributed by atoms with Gasteiger partial charge in [-0.2, -0.15) is 23.3 Å². The standard InChI is InChI=1S/C34H23N4.Ir/c1-2-37-31-13-6-5-10-26(31)28-21-22(14-16-32(28)37)29-11-7-12-30(36-29)23-15-17-33-27(20-23)24-8-3-4-9-25(24)34-18-19-35-38(33)34;/h3-16,18-21H,2H2,1H3;/q-1;. The van der Waals surface area contributed by atoms with Crippen molar-refractivity contribution in [2.24, 2.45) is 0 Å². The van der Waals surface area contributed by atoms with E-state index in [-0.39, 0.29) is 20.1 Å². The van der Waals surface area contributed by atoms with Crippen LogP contribution >= 0.6 is 0 Å². The van der Waals surface area contributed by atoms with Crippen LogP contribution < -0.4 is 0 Å². The van der Waals surface area contributed by atoms with Gasteiger partial charge in [0.25, 0.3) is 0 Å². The fourth-order valence-electron chi connectivity index (χ4n) is 5.95. The second-order valence-corrected chi connectivity index (χ2v) is 9.73. The van der Waals surface area contributed by atoms with Gasteiger partial charge in [0.1, 0.15) is 0 Å². The summed E-state index contributed by atoms with van der Waals surface area (Å²) >= 11 is 0. The second-order valence-electron chi connectivity index (χ2n) is 9.73. The molecular formula is C34H23IrN4-. The molecule has 0 spiro atoms. The van der Waals surface area contributed by atoms with E-state index >= 15 is 0 Å². The van der Waals surface area contributed by atoms with Crippen molar-refractivity contribution in [1.82, 2.24) is 19.2 Å². The molecule has 0 amide bonds. The van der Waals surface area contributed by atoms with Gasteiger partial charge in [-0.15, -0.1) is 10.9 Å². The summed E-state index contributed by atoms with van der Waals surface area (Å²) in [5.41, 5.74) is 8.65. The van der Waals surface area contributed by atoms with E-state index in [9.17, 15) is 0 Å². The molecular weight excluding hydrogens is 657 g/mol. The minimum absolute atomic E-state index is 0. The molecule has 4 heterocycles. The molecule has 4 aromatic heterocycles. The monoisotopic (exact) mass is 680 g/mol. The van der Waals surface area contributed by atoms with Gasteiger partial charge in [0.15, 0.2) is 0 Å². The van der Waals surface area contributed by atoms with E-state index < -0.39 is 0 Å². The second kappa shape index (κ2) is 9.16. The molecule has 0 fully saturated rings. The van der Waals surface area contributed by atoms with Crippen LogP contribution in [0.2, 0.25) is 0 Å². The number of fused-ring (bicyclic) bond motifs is 9. The minimum atomic E-state index is 0. The first-order chi connectivity index (χ1) is 18.8. The molecule has 4 nitrogen and oxygen atoms in total. The maximum absolute atomic E-state index is 5.12. The van der Waals surface area contributed by atoms with Gasteiger partial charge in [-0.05, 0) is 54.2 Å². The van der Waals surface area contributed by atoms with Crippen LogP contribution in [0, 0.1) is 6.07 Å². The average molecular weight is 680 g/mol. The first-order valence-corrected chi connectivity index (χ1v) is 13.0. The molecule has 0 aliphatic rings. The summed E-state index contributed by atoms with van der Waals surface area (Å²) in [7, 11) is 0. The van der Waals surface area contributed by atoms with Crippen molar-refractivity contribution in [2.75, 3.05) is 0 Å². The summed E-state index contributed by atoms with van der Waals surface area (Å²) < 4.78 is 4.36. The van der Waals surface area contributed by atoms with E-state index in [1.165, 1.54) is 32.6 Å². The Bertz CT molecular complexity index is 2190. The van der Waals surface area contributed by atoms with Crippen LogP contribution in [0.1, 0.15) is 6.92 Å². The topological polar surface area (TPSA) is 35.1 Å². The summed E-state index contributed by atoms with van der Waals surface area (Å²) in [5.74, 6) is 0. The molecule has 0 saturated heterocycles. The number of hydrogen-bond acceptors (Lipinski definition) is 2. The van der Waals surface area contributed by atoms with Crippen LogP contribution in [-0.4, -0.2) is 19.2 Å². The van der Waals surface area contributed by atoms with Crippen molar-refractivity contribution >= 4 is 49.0 Å². The zero-order chi connectivity index (χ0) is 25.2. The van der Waals surface area contributed by atoms with Gasteiger partial charge in [-0.25, -0.2) is 0 Å². The number of benzene rings is 4. The van der Waals surface area contributed by atoms with E-state index in [0.717, 1.165) is 45.5 Å². The Balaban J connectivity index is 0.00000253. The van der Waals surface area contributed by atoms with Gasteiger partial charge in [-0.3, -0.25) is 9.50 Å². The average Bonchev–Trinajstić information content (AvgIpc) is 3.60. The molecule has 5 heteroatoms. The summed E-state index contributed by atoms with van der Waals surface area (Å²) in [6.45, 7) is 3.14. The first-order valence-electron chi connectivity index (χ1n) is 13.0. The number of pyridine rings is 2. The number of para-hydroxylation sites is 1. The van der Waals surface area contributed by atoms with Crippen molar-refractivity contribution < 1.29 is 20.1 Å². The fourth-order valence-corrected chi connectivity index (χ4v) is 5.95. The van der Waals surface area contributed by atoms with Gasteiger partial charge < -0.3 is 4.57 Å². The third-order valence-electron chi connectivity index (χ3n) is 7.70. The molecule has 0 N–H and O–H groups in total. The first kappa shape index (κ1) is 23.8. The normalized spacial score (nSPS) is 11.6. The maximum atomic E-state index is 5.12. The Labute approximate surface area is 238 Å². The molecule has 0 bridgehead atoms. The summed E-state index contributed by atoms with van der Waals surface area (Å²) in [6, 6.07) is 39.9. The molecule has 0 aliphatic heterocycles. The van der Waals surface area contributed by atoms with Gasteiger partial charge in [0.05, 0.1) is 11.2 Å². The summed E-state index contributed by atoms with van der Waals surface area (Å²) in [5, 5.41) is 10.6. The number of aromatic nitrogens is 4. The Kier molecular flexibility index (Phi) is 5.59. The number of rotatable bonds is 3. The molecule has 0 aliphatic carbocycles. The predicted octanol–water partition coefficient (Wildman–Crippen LogP) is 8.30. The Morgan fingerprint density at radius 3 is 2.15 bits per heavy atom. The van der Waals surface area contributed by atoms with Crippen molar-refractivity contribution in [3.05, 3.63) is 115 Å². The molecule has 189 valence electrons. The van der Waals surface area contributed by atoms with Crippen LogP contribution in [0.5, 0.6) is 0 Å². The zero-order valence-corrected chi connectivity index (χ0v) is 23.6. The Morgan fingerprint density at radius 2 is 1.33 bits per heavy atom. The van der Waals surface area contributed by atoms with Gasteiger partial charge >= 0.3 is 0 Å². The van der Waals surface area contributed by atoms with Crippen LogP contribution in [0.15, 0.2) is 109 Å². The number of nitrogens with zero attached hydrogens (tertiary/aromatic N) is 4. The quantitative estimate of drug-likeness (QED) is 0.139. The van der Waals surface area contributed by atoms with Crippen LogP contribution in [-0.2, 0) is 26.7 Å². The van der Waals surface area contributed by atoms with E-state index in [4.69, 9.17) is 4.98 Å².